The van der Waals surface area contributed by atoms with E-state index >= 15 is 0 Å². The average molecular weight is 467 g/mol. The topological polar surface area (TPSA) is 69.7 Å². The lowest BCUT2D eigenvalue weighted by Crippen LogP contribution is -2.32. The summed E-state index contributed by atoms with van der Waals surface area (Å²) in [5.74, 6) is -1.62. The number of allylic oxidation sites excluding steroid dienone is 1. The summed E-state index contributed by atoms with van der Waals surface area (Å²) in [5, 5.41) is 0.573. The van der Waals surface area contributed by atoms with Crippen molar-refractivity contribution < 1.29 is 23.9 Å². The molecule has 0 heterocycles. The SMILES string of the molecule is C=C(C[C@]1(C(=O)OCC)C=C(C(=O)c2ccccc2)C(c2ccc(Cl)cc2)C1)C(=O)OCC. The number of Topliss-reactive ketones (excluding diaryl/α,β-unsaturated/α-hetero) is 1. The lowest BCUT2D eigenvalue weighted by molar-refractivity contribution is -0.152. The highest BCUT2D eigenvalue weighted by Gasteiger charge is 2.49. The van der Waals surface area contributed by atoms with Crippen LogP contribution in [-0.4, -0.2) is 30.9 Å². The molecule has 0 aliphatic heterocycles. The van der Waals surface area contributed by atoms with E-state index in [1.165, 1.54) is 0 Å². The van der Waals surface area contributed by atoms with Crippen LogP contribution >= 0.6 is 11.6 Å². The number of hydrogen-bond donors (Lipinski definition) is 0. The van der Waals surface area contributed by atoms with Crippen LogP contribution in [0.5, 0.6) is 0 Å². The second-order valence-corrected chi connectivity index (χ2v) is 8.42. The molecule has 5 nitrogen and oxygen atoms in total. The van der Waals surface area contributed by atoms with E-state index in [2.05, 4.69) is 6.58 Å². The zero-order valence-corrected chi connectivity index (χ0v) is 19.6. The van der Waals surface area contributed by atoms with Crippen LogP contribution in [0, 0.1) is 5.41 Å². The second kappa shape index (κ2) is 10.6. The fourth-order valence-electron chi connectivity index (χ4n) is 4.20. The van der Waals surface area contributed by atoms with Gasteiger partial charge in [-0.15, -0.1) is 0 Å². The van der Waals surface area contributed by atoms with Gasteiger partial charge in [-0.3, -0.25) is 9.59 Å². The first-order valence-corrected chi connectivity index (χ1v) is 11.3. The first-order chi connectivity index (χ1) is 15.8. The first kappa shape index (κ1) is 24.5. The fourth-order valence-corrected chi connectivity index (χ4v) is 4.33. The number of rotatable bonds is 9. The third-order valence-corrected chi connectivity index (χ3v) is 5.97. The van der Waals surface area contributed by atoms with Crippen molar-refractivity contribution in [3.05, 3.63) is 94.5 Å². The Hall–Kier alpha value is -3.18. The van der Waals surface area contributed by atoms with Crippen LogP contribution in [0.3, 0.4) is 0 Å². The maximum atomic E-state index is 13.5. The summed E-state index contributed by atoms with van der Waals surface area (Å²) < 4.78 is 10.5. The van der Waals surface area contributed by atoms with Crippen LogP contribution in [0.15, 0.2) is 78.4 Å². The standard InChI is InChI=1S/C27H27ClO5/c1-4-32-25(30)18(3)15-27(26(31)33-5-2)16-22(19-11-13-21(28)14-12-19)23(17-27)24(29)20-9-7-6-8-10-20/h6-14,17,22H,3-5,15-16H2,1-2H3/t22?,27-/m1/s1. The van der Waals surface area contributed by atoms with Gasteiger partial charge in [0.25, 0.3) is 0 Å². The molecule has 6 heteroatoms. The Labute approximate surface area is 199 Å². The normalized spacial score (nSPS) is 19.5. The highest BCUT2D eigenvalue weighted by Crippen LogP contribution is 2.50. The third kappa shape index (κ3) is 5.42. The number of ether oxygens (including phenoxy) is 2. The molecule has 2 atom stereocenters. The predicted molar refractivity (Wildman–Crippen MR) is 127 cm³/mol. The minimum Gasteiger partial charge on any atom is -0.465 e. The van der Waals surface area contributed by atoms with Crippen LogP contribution in [0.4, 0.5) is 0 Å². The molecule has 1 aliphatic rings. The van der Waals surface area contributed by atoms with Crippen molar-refractivity contribution in [1.29, 1.82) is 0 Å². The lowest BCUT2D eigenvalue weighted by atomic mass is 9.78. The number of esters is 2. The maximum absolute atomic E-state index is 13.5. The van der Waals surface area contributed by atoms with Crippen molar-refractivity contribution in [3.8, 4) is 0 Å². The zero-order valence-electron chi connectivity index (χ0n) is 18.8. The molecule has 0 aromatic heterocycles. The Morgan fingerprint density at radius 1 is 1.00 bits per heavy atom. The summed E-state index contributed by atoms with van der Waals surface area (Å²) >= 11 is 6.08. The van der Waals surface area contributed by atoms with E-state index < -0.39 is 17.4 Å². The Kier molecular flexibility index (Phi) is 7.88. The van der Waals surface area contributed by atoms with Gasteiger partial charge in [0.2, 0.25) is 0 Å². The molecule has 1 unspecified atom stereocenters. The number of carbonyl (C=O) groups excluding carboxylic acids is 3. The van der Waals surface area contributed by atoms with E-state index in [-0.39, 0.29) is 43.3 Å². The third-order valence-electron chi connectivity index (χ3n) is 5.72. The smallest absolute Gasteiger partial charge is 0.333 e. The van der Waals surface area contributed by atoms with Gasteiger partial charge in [0, 0.05) is 27.7 Å². The summed E-state index contributed by atoms with van der Waals surface area (Å²) in [6, 6.07) is 16.1. The van der Waals surface area contributed by atoms with Gasteiger partial charge in [0.05, 0.1) is 18.6 Å². The molecule has 172 valence electrons. The van der Waals surface area contributed by atoms with Gasteiger partial charge in [0.15, 0.2) is 5.78 Å². The molecule has 33 heavy (non-hydrogen) atoms. The second-order valence-electron chi connectivity index (χ2n) is 7.98. The van der Waals surface area contributed by atoms with Crippen LogP contribution in [0.1, 0.15) is 48.5 Å². The predicted octanol–water partition coefficient (Wildman–Crippen LogP) is 5.70. The van der Waals surface area contributed by atoms with E-state index in [4.69, 9.17) is 21.1 Å². The Bertz CT molecular complexity index is 1070. The molecular weight excluding hydrogens is 440 g/mol. The molecule has 1 aliphatic carbocycles. The van der Waals surface area contributed by atoms with Crippen molar-refractivity contribution in [1.82, 2.24) is 0 Å². The summed E-state index contributed by atoms with van der Waals surface area (Å²) in [6.07, 6.45) is 1.93. The molecule has 2 aromatic carbocycles. The molecule has 0 saturated carbocycles. The summed E-state index contributed by atoms with van der Waals surface area (Å²) in [6.45, 7) is 7.64. The number of carbonyl (C=O) groups is 3. The molecule has 0 amide bonds. The summed E-state index contributed by atoms with van der Waals surface area (Å²) in [7, 11) is 0. The van der Waals surface area contributed by atoms with Crippen LogP contribution in [0.25, 0.3) is 0 Å². The molecule has 0 N–H and O–H groups in total. The van der Waals surface area contributed by atoms with Crippen LogP contribution in [0.2, 0.25) is 5.02 Å². The number of benzene rings is 2. The van der Waals surface area contributed by atoms with Crippen LogP contribution < -0.4 is 0 Å². The van der Waals surface area contributed by atoms with Gasteiger partial charge in [-0.25, -0.2) is 4.79 Å². The Balaban J connectivity index is 2.09. The van der Waals surface area contributed by atoms with E-state index in [9.17, 15) is 14.4 Å². The molecule has 0 radical (unpaired) electrons. The summed E-state index contributed by atoms with van der Waals surface area (Å²) in [4.78, 5) is 39.1. The molecule has 0 bridgehead atoms. The van der Waals surface area contributed by atoms with Gasteiger partial charge in [-0.05, 0) is 44.4 Å². The molecule has 3 rings (SSSR count). The molecule has 0 fully saturated rings. The monoisotopic (exact) mass is 466 g/mol. The minimum absolute atomic E-state index is 0.000324. The largest absolute Gasteiger partial charge is 0.465 e. The zero-order chi connectivity index (χ0) is 24.0. The van der Waals surface area contributed by atoms with Gasteiger partial charge in [0.1, 0.15) is 0 Å². The lowest BCUT2D eigenvalue weighted by Gasteiger charge is -2.27. The van der Waals surface area contributed by atoms with Crippen LogP contribution in [-0.2, 0) is 19.1 Å². The quantitative estimate of drug-likeness (QED) is 0.269. The first-order valence-electron chi connectivity index (χ1n) is 10.9. The Morgan fingerprint density at radius 2 is 1.64 bits per heavy atom. The van der Waals surface area contributed by atoms with Crippen molar-refractivity contribution in [3.63, 3.8) is 0 Å². The molecule has 0 spiro atoms. The minimum atomic E-state index is -1.22. The van der Waals surface area contributed by atoms with Crippen molar-refractivity contribution >= 4 is 29.3 Å². The van der Waals surface area contributed by atoms with E-state index in [1.54, 1.807) is 56.3 Å². The highest BCUT2D eigenvalue weighted by atomic mass is 35.5. The molecule has 2 aromatic rings. The van der Waals surface area contributed by atoms with Gasteiger partial charge < -0.3 is 9.47 Å². The van der Waals surface area contributed by atoms with Gasteiger partial charge in [-0.1, -0.05) is 66.7 Å². The van der Waals surface area contributed by atoms with E-state index in [0.29, 0.717) is 16.2 Å². The van der Waals surface area contributed by atoms with Gasteiger partial charge >= 0.3 is 11.9 Å². The fraction of sp³-hybridized carbons (Fsp3) is 0.296. The molecule has 0 saturated heterocycles. The number of ketones is 1. The van der Waals surface area contributed by atoms with Gasteiger partial charge in [-0.2, -0.15) is 0 Å². The van der Waals surface area contributed by atoms with Crippen molar-refractivity contribution in [2.45, 2.75) is 32.6 Å². The van der Waals surface area contributed by atoms with E-state index in [1.807, 2.05) is 18.2 Å². The summed E-state index contributed by atoms with van der Waals surface area (Å²) in [5.41, 5.74) is 0.788. The average Bonchev–Trinajstić information content (AvgIpc) is 3.20. The highest BCUT2D eigenvalue weighted by molar-refractivity contribution is 6.30. The van der Waals surface area contributed by atoms with E-state index in [0.717, 1.165) is 5.56 Å². The Morgan fingerprint density at radius 3 is 2.24 bits per heavy atom. The van der Waals surface area contributed by atoms with Crippen molar-refractivity contribution in [2.24, 2.45) is 5.41 Å². The molecular formula is C27H27ClO5. The maximum Gasteiger partial charge on any atom is 0.333 e. The number of hydrogen-bond acceptors (Lipinski definition) is 5. The number of halogens is 1. The van der Waals surface area contributed by atoms with Crippen molar-refractivity contribution in [2.75, 3.05) is 13.2 Å².